The molecule has 3 aliphatic rings. The second kappa shape index (κ2) is 9.35. The minimum Gasteiger partial charge on any atom is -0.489 e. The molecule has 1 aliphatic carbocycles. The number of hydrogen-bond acceptors (Lipinski definition) is 5. The lowest BCUT2D eigenvalue weighted by molar-refractivity contribution is -0.137. The Hall–Kier alpha value is -3.88. The Kier molecular flexibility index (Phi) is 6.16. The third kappa shape index (κ3) is 5.05. The zero-order valence-corrected chi connectivity index (χ0v) is 22.4. The van der Waals surface area contributed by atoms with E-state index in [2.05, 4.69) is 10.3 Å². The van der Waals surface area contributed by atoms with E-state index in [1.165, 1.54) is 6.07 Å². The van der Waals surface area contributed by atoms with Crippen LogP contribution >= 0.6 is 0 Å². The van der Waals surface area contributed by atoms with Crippen LogP contribution in [0.25, 0.3) is 0 Å². The molecular formula is C31H29F3N2O4. The van der Waals surface area contributed by atoms with E-state index in [-0.39, 0.29) is 42.5 Å². The van der Waals surface area contributed by atoms with Crippen LogP contribution in [0, 0.1) is 5.92 Å². The number of pyridine rings is 1. The molecule has 40 heavy (non-hydrogen) atoms. The summed E-state index contributed by atoms with van der Waals surface area (Å²) in [4.78, 5) is 28.9. The van der Waals surface area contributed by atoms with Crippen molar-refractivity contribution in [2.24, 2.45) is 5.92 Å². The smallest absolute Gasteiger partial charge is 0.416 e. The van der Waals surface area contributed by atoms with Crippen molar-refractivity contribution < 1.29 is 32.2 Å². The van der Waals surface area contributed by atoms with Crippen molar-refractivity contribution in [1.82, 2.24) is 4.98 Å². The van der Waals surface area contributed by atoms with Gasteiger partial charge in [-0.3, -0.25) is 9.59 Å². The number of rotatable bonds is 6. The van der Waals surface area contributed by atoms with E-state index in [1.807, 2.05) is 39.0 Å². The Morgan fingerprint density at radius 3 is 2.60 bits per heavy atom. The third-order valence-corrected chi connectivity index (χ3v) is 7.85. The highest BCUT2D eigenvalue weighted by atomic mass is 19.4. The van der Waals surface area contributed by atoms with Gasteiger partial charge in [0, 0.05) is 48.4 Å². The number of fused-ring (bicyclic) bond motifs is 4. The monoisotopic (exact) mass is 550 g/mol. The molecule has 0 radical (unpaired) electrons. The summed E-state index contributed by atoms with van der Waals surface area (Å²) in [6, 6.07) is 11.3. The highest BCUT2D eigenvalue weighted by Gasteiger charge is 2.59. The number of aromatic nitrogens is 1. The number of benzene rings is 2. The molecule has 0 spiro atoms. The molecule has 2 aliphatic heterocycles. The Labute approximate surface area is 229 Å². The number of Topliss-reactive ketones (excluding diaryl/α,β-unsaturated/α-hetero) is 1. The minimum atomic E-state index is -4.48. The van der Waals surface area contributed by atoms with Crippen LogP contribution in [0.3, 0.4) is 0 Å². The molecule has 2 aromatic carbocycles. The lowest BCUT2D eigenvalue weighted by Gasteiger charge is -2.22. The minimum absolute atomic E-state index is 0.0213. The molecule has 6 nitrogen and oxygen atoms in total. The SMILES string of the molecule is CC(C)(C)c1cc(CC(=O)C[C@@H]2[C@H]3Oc4ccc(Oc5ccnc6c5CCC(=O)N6)cc4[C@@H]23)cc(C(F)(F)F)c1. The second-order valence-electron chi connectivity index (χ2n) is 11.8. The topological polar surface area (TPSA) is 77.5 Å². The fraction of sp³-hybridized carbons (Fsp3) is 0.387. The van der Waals surface area contributed by atoms with Crippen LogP contribution in [0.1, 0.15) is 67.3 Å². The summed E-state index contributed by atoms with van der Waals surface area (Å²) >= 11 is 0. The van der Waals surface area contributed by atoms with Crippen molar-refractivity contribution in [3.8, 4) is 17.2 Å². The summed E-state index contributed by atoms with van der Waals surface area (Å²) in [5, 5.41) is 2.77. The van der Waals surface area contributed by atoms with Crippen LogP contribution in [-0.4, -0.2) is 22.8 Å². The predicted octanol–water partition coefficient (Wildman–Crippen LogP) is 6.75. The quantitative estimate of drug-likeness (QED) is 0.367. The fourth-order valence-electron chi connectivity index (χ4n) is 5.69. The number of nitrogens with one attached hydrogen (secondary N) is 1. The number of halogens is 3. The summed E-state index contributed by atoms with van der Waals surface area (Å²) in [7, 11) is 0. The summed E-state index contributed by atoms with van der Waals surface area (Å²) in [5.41, 5.74) is 1.53. The first-order valence-corrected chi connectivity index (χ1v) is 13.4. The average Bonchev–Trinajstić information content (AvgIpc) is 3.38. The summed E-state index contributed by atoms with van der Waals surface area (Å²) in [6.45, 7) is 5.56. The van der Waals surface area contributed by atoms with E-state index in [0.717, 1.165) is 22.9 Å². The van der Waals surface area contributed by atoms with Crippen molar-refractivity contribution in [3.63, 3.8) is 0 Å². The van der Waals surface area contributed by atoms with Gasteiger partial charge >= 0.3 is 6.18 Å². The summed E-state index contributed by atoms with van der Waals surface area (Å²) < 4.78 is 52.8. The van der Waals surface area contributed by atoms with Gasteiger partial charge in [-0.15, -0.1) is 0 Å². The van der Waals surface area contributed by atoms with Gasteiger partial charge in [-0.25, -0.2) is 4.98 Å². The van der Waals surface area contributed by atoms with Crippen molar-refractivity contribution in [2.45, 2.75) is 70.1 Å². The molecule has 3 heterocycles. The van der Waals surface area contributed by atoms with Gasteiger partial charge in [-0.05, 0) is 59.4 Å². The normalized spacial score (nSPS) is 21.1. The molecule has 6 rings (SSSR count). The maximum Gasteiger partial charge on any atom is 0.416 e. The van der Waals surface area contributed by atoms with Crippen LogP contribution < -0.4 is 14.8 Å². The molecule has 1 N–H and O–H groups in total. The first-order chi connectivity index (χ1) is 18.9. The fourth-order valence-corrected chi connectivity index (χ4v) is 5.69. The van der Waals surface area contributed by atoms with Crippen molar-refractivity contribution >= 4 is 17.5 Å². The van der Waals surface area contributed by atoms with E-state index >= 15 is 0 Å². The highest BCUT2D eigenvalue weighted by molar-refractivity contribution is 5.93. The number of hydrogen-bond donors (Lipinski definition) is 1. The molecule has 3 aromatic rings. The van der Waals surface area contributed by atoms with Crippen LogP contribution in [0.4, 0.5) is 19.0 Å². The first kappa shape index (κ1) is 26.3. The van der Waals surface area contributed by atoms with Gasteiger partial charge in [-0.1, -0.05) is 26.8 Å². The van der Waals surface area contributed by atoms with Crippen LogP contribution in [-0.2, 0) is 34.0 Å². The van der Waals surface area contributed by atoms with Crippen molar-refractivity contribution in [3.05, 3.63) is 76.5 Å². The number of ether oxygens (including phenoxy) is 2. The van der Waals surface area contributed by atoms with Gasteiger partial charge in [0.25, 0.3) is 0 Å². The molecule has 1 fully saturated rings. The molecule has 9 heteroatoms. The molecule has 0 saturated heterocycles. The van der Waals surface area contributed by atoms with E-state index < -0.39 is 17.2 Å². The Bertz CT molecular complexity index is 1490. The van der Waals surface area contributed by atoms with E-state index in [1.54, 1.807) is 18.3 Å². The number of ketones is 1. The maximum absolute atomic E-state index is 13.5. The van der Waals surface area contributed by atoms with Crippen molar-refractivity contribution in [1.29, 1.82) is 0 Å². The third-order valence-electron chi connectivity index (χ3n) is 7.85. The molecule has 0 unspecified atom stereocenters. The number of nitrogens with zero attached hydrogens (tertiary/aromatic N) is 1. The predicted molar refractivity (Wildman–Crippen MR) is 142 cm³/mol. The number of carbonyl (C=O) groups excluding carboxylic acids is 2. The van der Waals surface area contributed by atoms with E-state index in [4.69, 9.17) is 9.47 Å². The van der Waals surface area contributed by atoms with Crippen LogP contribution in [0.15, 0.2) is 48.7 Å². The Balaban J connectivity index is 1.15. The van der Waals surface area contributed by atoms with E-state index in [9.17, 15) is 22.8 Å². The zero-order chi connectivity index (χ0) is 28.4. The molecule has 1 aromatic heterocycles. The van der Waals surface area contributed by atoms with Gasteiger partial charge in [0.2, 0.25) is 5.91 Å². The zero-order valence-electron chi connectivity index (χ0n) is 22.4. The second-order valence-corrected chi connectivity index (χ2v) is 11.8. The first-order valence-electron chi connectivity index (χ1n) is 13.4. The standard InChI is InChI=1S/C31H29F3N2O4/c1-30(2,3)17-10-16(11-18(13-17)31(32,33)34)12-19(37)14-23-27-22-15-20(4-6-24(22)40-28(23)27)39-25-8-9-35-29-21(25)5-7-26(38)36-29/h4,6,8-11,13,15,23,27-28H,5,7,12,14H2,1-3H3,(H,35,36,38)/t23-,27-,28+/m0/s1. The molecule has 0 bridgehead atoms. The largest absolute Gasteiger partial charge is 0.489 e. The molecular weight excluding hydrogens is 521 g/mol. The highest BCUT2D eigenvalue weighted by Crippen LogP contribution is 2.60. The molecule has 1 amide bonds. The Morgan fingerprint density at radius 1 is 1.07 bits per heavy atom. The lowest BCUT2D eigenvalue weighted by Crippen LogP contribution is -2.20. The number of amides is 1. The number of anilines is 1. The van der Waals surface area contributed by atoms with Crippen LogP contribution in [0.2, 0.25) is 0 Å². The van der Waals surface area contributed by atoms with Gasteiger partial charge in [0.1, 0.15) is 35.0 Å². The van der Waals surface area contributed by atoms with Gasteiger partial charge in [0.15, 0.2) is 0 Å². The van der Waals surface area contributed by atoms with Gasteiger partial charge < -0.3 is 14.8 Å². The number of alkyl halides is 3. The maximum atomic E-state index is 13.5. The van der Waals surface area contributed by atoms with Gasteiger partial charge in [-0.2, -0.15) is 13.2 Å². The number of carbonyl (C=O) groups is 2. The summed E-state index contributed by atoms with van der Waals surface area (Å²) in [6.07, 6.45) is -1.93. The van der Waals surface area contributed by atoms with Crippen LogP contribution in [0.5, 0.6) is 17.2 Å². The molecule has 208 valence electrons. The van der Waals surface area contributed by atoms with E-state index in [0.29, 0.717) is 41.3 Å². The average molecular weight is 551 g/mol. The summed E-state index contributed by atoms with van der Waals surface area (Å²) in [5.74, 6) is 2.34. The molecule has 3 atom stereocenters. The van der Waals surface area contributed by atoms with Gasteiger partial charge in [0.05, 0.1) is 5.56 Å². The lowest BCUT2D eigenvalue weighted by atomic mass is 9.84. The van der Waals surface area contributed by atoms with Crippen molar-refractivity contribution in [2.75, 3.05) is 5.32 Å². The molecule has 1 saturated carbocycles. The Morgan fingerprint density at radius 2 is 1.85 bits per heavy atom.